The average molecular weight is 310 g/mol. The maximum Gasteiger partial charge on any atom is 0.280 e. The van der Waals surface area contributed by atoms with Gasteiger partial charge in [0.1, 0.15) is 0 Å². The predicted molar refractivity (Wildman–Crippen MR) is 87.2 cm³/mol. The van der Waals surface area contributed by atoms with Gasteiger partial charge in [-0.15, -0.1) is 0 Å². The molecule has 2 aromatic carbocycles. The normalized spacial score (nSPS) is 10.5. The van der Waals surface area contributed by atoms with Gasteiger partial charge in [0, 0.05) is 18.7 Å². The van der Waals surface area contributed by atoms with Gasteiger partial charge in [-0.1, -0.05) is 30.3 Å². The van der Waals surface area contributed by atoms with Crippen molar-refractivity contribution in [2.75, 3.05) is 5.32 Å². The molecule has 0 atom stereocenters. The number of nitrogens with one attached hydrogen (secondary N) is 1. The van der Waals surface area contributed by atoms with Crippen LogP contribution >= 0.6 is 0 Å². The fourth-order valence-corrected chi connectivity index (χ4v) is 1.98. The Bertz CT molecular complexity index is 779. The van der Waals surface area contributed by atoms with Gasteiger partial charge in [-0.3, -0.25) is 19.7 Å². The molecule has 0 fully saturated rings. The van der Waals surface area contributed by atoms with Crippen molar-refractivity contribution < 1.29 is 14.5 Å². The molecule has 0 aromatic heterocycles. The topological polar surface area (TPSA) is 89.3 Å². The zero-order valence-electron chi connectivity index (χ0n) is 12.4. The van der Waals surface area contributed by atoms with Gasteiger partial charge in [0.2, 0.25) is 5.91 Å². The van der Waals surface area contributed by atoms with Gasteiger partial charge in [-0.25, -0.2) is 0 Å². The lowest BCUT2D eigenvalue weighted by atomic mass is 10.1. The van der Waals surface area contributed by atoms with E-state index in [1.807, 2.05) is 0 Å². The number of allylic oxidation sites excluding steroid dienone is 1. The Morgan fingerprint density at radius 2 is 1.74 bits per heavy atom. The summed E-state index contributed by atoms with van der Waals surface area (Å²) in [6.45, 7) is 1.42. The number of anilines is 1. The van der Waals surface area contributed by atoms with E-state index in [4.69, 9.17) is 0 Å². The number of carbonyl (C=O) groups is 2. The lowest BCUT2D eigenvalue weighted by molar-refractivity contribution is -0.385. The first kappa shape index (κ1) is 16.1. The summed E-state index contributed by atoms with van der Waals surface area (Å²) in [5.74, 6) is -0.608. The van der Waals surface area contributed by atoms with Crippen LogP contribution in [0.1, 0.15) is 22.8 Å². The summed E-state index contributed by atoms with van der Waals surface area (Å²) >= 11 is 0. The first-order valence-electron chi connectivity index (χ1n) is 6.81. The second kappa shape index (κ2) is 7.13. The molecule has 0 aliphatic heterocycles. The van der Waals surface area contributed by atoms with Crippen molar-refractivity contribution in [2.24, 2.45) is 0 Å². The third-order valence-corrected chi connectivity index (χ3v) is 3.02. The number of nitro groups is 1. The molecule has 1 amide bonds. The molecule has 0 spiro atoms. The van der Waals surface area contributed by atoms with Gasteiger partial charge >= 0.3 is 0 Å². The molecular weight excluding hydrogens is 296 g/mol. The Kier molecular flexibility index (Phi) is 4.99. The predicted octanol–water partition coefficient (Wildman–Crippen LogP) is 3.45. The van der Waals surface area contributed by atoms with Crippen molar-refractivity contribution in [1.29, 1.82) is 0 Å². The Morgan fingerprint density at radius 1 is 1.09 bits per heavy atom. The zero-order valence-corrected chi connectivity index (χ0v) is 12.4. The molecule has 2 rings (SSSR count). The molecule has 23 heavy (non-hydrogen) atoms. The molecule has 6 nitrogen and oxygen atoms in total. The van der Waals surface area contributed by atoms with Crippen LogP contribution < -0.4 is 5.32 Å². The fraction of sp³-hybridized carbons (Fsp3) is 0.0588. The van der Waals surface area contributed by atoms with E-state index in [0.717, 1.165) is 5.56 Å². The van der Waals surface area contributed by atoms with Crippen LogP contribution in [0, 0.1) is 10.1 Å². The highest BCUT2D eigenvalue weighted by atomic mass is 16.6. The Balaban J connectivity index is 2.15. The van der Waals surface area contributed by atoms with Crippen molar-refractivity contribution in [2.45, 2.75) is 6.92 Å². The summed E-state index contributed by atoms with van der Waals surface area (Å²) in [6, 6.07) is 12.7. The standard InChI is InChI=1S/C17H14N2O4/c1-12(20)18-14-9-6-13(7-10-14)8-11-17(21)15-4-2-3-5-16(15)19(22)23/h2-11H,1H3,(H,18,20)/b11-8+. The molecule has 0 heterocycles. The quantitative estimate of drug-likeness (QED) is 0.396. The minimum Gasteiger partial charge on any atom is -0.326 e. The second-order valence-electron chi connectivity index (χ2n) is 4.78. The Labute approximate surface area is 132 Å². The van der Waals surface area contributed by atoms with E-state index in [9.17, 15) is 19.7 Å². The smallest absolute Gasteiger partial charge is 0.280 e. The van der Waals surface area contributed by atoms with Crippen LogP contribution in [0.2, 0.25) is 0 Å². The molecule has 0 unspecified atom stereocenters. The van der Waals surface area contributed by atoms with Crippen LogP contribution in [0.5, 0.6) is 0 Å². The van der Waals surface area contributed by atoms with Gasteiger partial charge in [0.15, 0.2) is 5.78 Å². The summed E-state index contributed by atoms with van der Waals surface area (Å²) in [4.78, 5) is 33.4. The number of rotatable bonds is 5. The van der Waals surface area contributed by atoms with Crippen molar-refractivity contribution in [3.05, 3.63) is 75.8 Å². The number of nitro benzene ring substituents is 1. The number of ketones is 1. The summed E-state index contributed by atoms with van der Waals surface area (Å²) in [5.41, 5.74) is 1.22. The van der Waals surface area contributed by atoms with E-state index in [-0.39, 0.29) is 17.2 Å². The van der Waals surface area contributed by atoms with Crippen molar-refractivity contribution in [3.63, 3.8) is 0 Å². The zero-order chi connectivity index (χ0) is 16.8. The average Bonchev–Trinajstić information content (AvgIpc) is 2.53. The summed E-state index contributed by atoms with van der Waals surface area (Å²) in [5, 5.41) is 13.6. The molecule has 6 heteroatoms. The third-order valence-electron chi connectivity index (χ3n) is 3.02. The number of para-hydroxylation sites is 1. The van der Waals surface area contributed by atoms with Crippen LogP contribution in [0.25, 0.3) is 6.08 Å². The summed E-state index contributed by atoms with van der Waals surface area (Å²) in [7, 11) is 0. The number of benzene rings is 2. The SMILES string of the molecule is CC(=O)Nc1ccc(/C=C/C(=O)c2ccccc2[N+](=O)[O-])cc1. The largest absolute Gasteiger partial charge is 0.326 e. The Morgan fingerprint density at radius 3 is 2.35 bits per heavy atom. The van der Waals surface area contributed by atoms with E-state index in [2.05, 4.69) is 5.32 Å². The lowest BCUT2D eigenvalue weighted by Gasteiger charge is -2.02. The van der Waals surface area contributed by atoms with E-state index >= 15 is 0 Å². The van der Waals surface area contributed by atoms with Crippen LogP contribution in [0.4, 0.5) is 11.4 Å². The first-order chi connectivity index (χ1) is 11.0. The highest BCUT2D eigenvalue weighted by Crippen LogP contribution is 2.19. The molecule has 2 aromatic rings. The number of nitrogens with zero attached hydrogens (tertiary/aromatic N) is 1. The van der Waals surface area contributed by atoms with E-state index in [1.54, 1.807) is 36.4 Å². The van der Waals surface area contributed by atoms with Crippen LogP contribution in [0.3, 0.4) is 0 Å². The number of amides is 1. The molecule has 0 bridgehead atoms. The summed E-state index contributed by atoms with van der Waals surface area (Å²) in [6.07, 6.45) is 2.85. The summed E-state index contributed by atoms with van der Waals surface area (Å²) < 4.78 is 0. The van der Waals surface area contributed by atoms with E-state index in [1.165, 1.54) is 31.2 Å². The van der Waals surface area contributed by atoms with Crippen molar-refractivity contribution >= 4 is 29.1 Å². The molecule has 0 aliphatic rings. The second-order valence-corrected chi connectivity index (χ2v) is 4.78. The molecular formula is C17H14N2O4. The van der Waals surface area contributed by atoms with Crippen LogP contribution in [0.15, 0.2) is 54.6 Å². The van der Waals surface area contributed by atoms with Gasteiger partial charge < -0.3 is 5.32 Å². The maximum absolute atomic E-state index is 12.1. The molecule has 0 aliphatic carbocycles. The van der Waals surface area contributed by atoms with E-state index in [0.29, 0.717) is 5.69 Å². The van der Waals surface area contributed by atoms with Crippen molar-refractivity contribution in [3.8, 4) is 0 Å². The van der Waals surface area contributed by atoms with Gasteiger partial charge in [-0.05, 0) is 29.8 Å². The molecule has 0 saturated heterocycles. The van der Waals surface area contributed by atoms with Crippen LogP contribution in [-0.4, -0.2) is 16.6 Å². The highest BCUT2D eigenvalue weighted by Gasteiger charge is 2.16. The minimum atomic E-state index is -0.580. The monoisotopic (exact) mass is 310 g/mol. The highest BCUT2D eigenvalue weighted by molar-refractivity contribution is 6.09. The molecule has 116 valence electrons. The maximum atomic E-state index is 12.1. The molecule has 0 saturated carbocycles. The minimum absolute atomic E-state index is 0.0450. The van der Waals surface area contributed by atoms with Gasteiger partial charge in [0.05, 0.1) is 10.5 Å². The number of hydrogen-bond donors (Lipinski definition) is 1. The molecule has 1 N–H and O–H groups in total. The van der Waals surface area contributed by atoms with Gasteiger partial charge in [-0.2, -0.15) is 0 Å². The third kappa shape index (κ3) is 4.34. The first-order valence-corrected chi connectivity index (χ1v) is 6.81. The van der Waals surface area contributed by atoms with E-state index < -0.39 is 10.7 Å². The number of carbonyl (C=O) groups excluding carboxylic acids is 2. The Hall–Kier alpha value is -3.28. The number of hydrogen-bond acceptors (Lipinski definition) is 4. The van der Waals surface area contributed by atoms with Crippen molar-refractivity contribution in [1.82, 2.24) is 0 Å². The van der Waals surface area contributed by atoms with Gasteiger partial charge in [0.25, 0.3) is 5.69 Å². The fourth-order valence-electron chi connectivity index (χ4n) is 1.98. The lowest BCUT2D eigenvalue weighted by Crippen LogP contribution is -2.05. The molecule has 0 radical (unpaired) electrons. The van der Waals surface area contributed by atoms with Crippen LogP contribution in [-0.2, 0) is 4.79 Å².